The molecule has 0 saturated carbocycles. The Kier molecular flexibility index (Phi) is 5.25. The van der Waals surface area contributed by atoms with Gasteiger partial charge >= 0.3 is 5.97 Å². The lowest BCUT2D eigenvalue weighted by Gasteiger charge is -2.08. The number of benzene rings is 1. The Morgan fingerprint density at radius 1 is 1.50 bits per heavy atom. The van der Waals surface area contributed by atoms with Crippen LogP contribution in [0.1, 0.15) is 12.0 Å². The first kappa shape index (κ1) is 13.0. The van der Waals surface area contributed by atoms with E-state index in [-0.39, 0.29) is 12.4 Å². The van der Waals surface area contributed by atoms with Crippen molar-refractivity contribution >= 4 is 21.9 Å². The Morgan fingerprint density at radius 3 is 2.88 bits per heavy atom. The second kappa shape index (κ2) is 6.48. The molecule has 0 unspecified atom stereocenters. The highest BCUT2D eigenvalue weighted by molar-refractivity contribution is 9.10. The van der Waals surface area contributed by atoms with Gasteiger partial charge in [-0.25, -0.2) is 4.39 Å². The van der Waals surface area contributed by atoms with E-state index >= 15 is 0 Å². The number of methoxy groups -OCH3 is 1. The van der Waals surface area contributed by atoms with Gasteiger partial charge in [0.05, 0.1) is 7.11 Å². The molecule has 0 atom stereocenters. The molecule has 0 aliphatic heterocycles. The fourth-order valence-electron chi connectivity index (χ4n) is 1.28. The number of ether oxygens (including phenoxy) is 2. The Hall–Kier alpha value is -1.10. The zero-order valence-corrected chi connectivity index (χ0v) is 10.4. The summed E-state index contributed by atoms with van der Waals surface area (Å²) in [6.07, 6.45) is 0.705. The van der Waals surface area contributed by atoms with Crippen LogP contribution in [0.5, 0.6) is 5.75 Å². The smallest absolute Gasteiger partial charge is 0.305 e. The highest BCUT2D eigenvalue weighted by atomic mass is 79.9. The summed E-state index contributed by atoms with van der Waals surface area (Å²) < 4.78 is 22.3. The molecule has 0 fully saturated rings. The zero-order valence-electron chi connectivity index (χ0n) is 8.83. The Morgan fingerprint density at radius 2 is 2.25 bits per heavy atom. The molecular formula is C11H12BrFO3. The summed E-state index contributed by atoms with van der Waals surface area (Å²) in [6.45, 7) is -0.882. The number of carbonyl (C=O) groups excluding carboxylic acids is 1. The van der Waals surface area contributed by atoms with Gasteiger partial charge in [-0.15, -0.1) is 0 Å². The number of rotatable bonds is 5. The summed E-state index contributed by atoms with van der Waals surface area (Å²) in [5.74, 6) is 0.153. The third kappa shape index (κ3) is 3.81. The highest BCUT2D eigenvalue weighted by Gasteiger charge is 2.08. The number of halogens is 2. The predicted octanol–water partition coefficient (Wildman–Crippen LogP) is 2.86. The topological polar surface area (TPSA) is 35.5 Å². The molecule has 0 saturated heterocycles. The quantitative estimate of drug-likeness (QED) is 0.783. The standard InChI is InChI=1S/C11H12BrFO3/c1-15-11(14)5-2-8-6-9(12)3-4-10(8)16-7-13/h3-4,6H,2,5,7H2,1H3. The maximum Gasteiger partial charge on any atom is 0.305 e. The average molecular weight is 291 g/mol. The van der Waals surface area contributed by atoms with Gasteiger partial charge in [0.1, 0.15) is 5.75 Å². The molecule has 0 aliphatic rings. The zero-order chi connectivity index (χ0) is 12.0. The minimum absolute atomic E-state index is 0.246. The van der Waals surface area contributed by atoms with Gasteiger partial charge in [-0.1, -0.05) is 15.9 Å². The molecule has 1 aromatic carbocycles. The maximum atomic E-state index is 12.1. The second-order valence-corrected chi connectivity index (χ2v) is 4.00. The van der Waals surface area contributed by atoms with E-state index in [0.29, 0.717) is 12.2 Å². The van der Waals surface area contributed by atoms with Gasteiger partial charge in [0.25, 0.3) is 0 Å². The Labute approximate surface area is 102 Å². The van der Waals surface area contributed by atoms with Gasteiger partial charge in [-0.2, -0.15) is 0 Å². The van der Waals surface area contributed by atoms with Crippen molar-refractivity contribution in [1.29, 1.82) is 0 Å². The average Bonchev–Trinajstić information content (AvgIpc) is 2.29. The van der Waals surface area contributed by atoms with Crippen molar-refractivity contribution in [2.24, 2.45) is 0 Å². The lowest BCUT2D eigenvalue weighted by molar-refractivity contribution is -0.140. The van der Waals surface area contributed by atoms with E-state index in [0.717, 1.165) is 10.0 Å². The van der Waals surface area contributed by atoms with E-state index in [9.17, 15) is 9.18 Å². The third-order valence-electron chi connectivity index (χ3n) is 2.06. The summed E-state index contributed by atoms with van der Waals surface area (Å²) in [5, 5.41) is 0. The van der Waals surface area contributed by atoms with Crippen LogP contribution in [-0.2, 0) is 16.0 Å². The van der Waals surface area contributed by atoms with Crippen LogP contribution in [0.15, 0.2) is 22.7 Å². The number of hydrogen-bond donors (Lipinski definition) is 0. The molecule has 88 valence electrons. The van der Waals surface area contributed by atoms with Crippen LogP contribution in [0.2, 0.25) is 0 Å². The van der Waals surface area contributed by atoms with Crippen molar-refractivity contribution in [3.8, 4) is 5.75 Å². The molecule has 0 heterocycles. The summed E-state index contributed by atoms with van der Waals surface area (Å²) in [4.78, 5) is 11.0. The van der Waals surface area contributed by atoms with Crippen LogP contribution < -0.4 is 4.74 Å². The first-order valence-corrected chi connectivity index (χ1v) is 5.50. The molecule has 0 amide bonds. The van der Waals surface area contributed by atoms with Gasteiger partial charge in [0.15, 0.2) is 0 Å². The van der Waals surface area contributed by atoms with Gasteiger partial charge in [-0.05, 0) is 30.2 Å². The van der Waals surface area contributed by atoms with Gasteiger partial charge in [-0.3, -0.25) is 4.79 Å². The molecule has 0 radical (unpaired) electrons. The minimum Gasteiger partial charge on any atom is -0.469 e. The maximum absolute atomic E-state index is 12.1. The van der Waals surface area contributed by atoms with Crippen LogP contribution in [0.3, 0.4) is 0 Å². The Bertz CT molecular complexity index is 368. The van der Waals surface area contributed by atoms with Crippen molar-refractivity contribution in [3.63, 3.8) is 0 Å². The number of hydrogen-bond acceptors (Lipinski definition) is 3. The monoisotopic (exact) mass is 290 g/mol. The van der Waals surface area contributed by atoms with Gasteiger partial charge < -0.3 is 9.47 Å². The largest absolute Gasteiger partial charge is 0.469 e. The number of aryl methyl sites for hydroxylation is 1. The second-order valence-electron chi connectivity index (χ2n) is 3.08. The van der Waals surface area contributed by atoms with E-state index in [1.807, 2.05) is 0 Å². The Balaban J connectivity index is 2.75. The van der Waals surface area contributed by atoms with Gasteiger partial charge in [0, 0.05) is 10.9 Å². The highest BCUT2D eigenvalue weighted by Crippen LogP contribution is 2.24. The van der Waals surface area contributed by atoms with E-state index < -0.39 is 6.86 Å². The first-order chi connectivity index (χ1) is 7.67. The lowest BCUT2D eigenvalue weighted by atomic mass is 10.1. The molecule has 3 nitrogen and oxygen atoms in total. The van der Waals surface area contributed by atoms with Gasteiger partial charge in [0.2, 0.25) is 6.86 Å². The molecule has 16 heavy (non-hydrogen) atoms. The predicted molar refractivity (Wildman–Crippen MR) is 61.1 cm³/mol. The normalized spacial score (nSPS) is 9.94. The number of carbonyl (C=O) groups is 1. The molecule has 0 aliphatic carbocycles. The molecule has 1 aromatic rings. The summed E-state index contributed by atoms with van der Waals surface area (Å²) in [6, 6.07) is 5.22. The van der Waals surface area contributed by atoms with Crippen LogP contribution in [0, 0.1) is 0 Å². The molecule has 1 rings (SSSR count). The van der Waals surface area contributed by atoms with Crippen molar-refractivity contribution < 1.29 is 18.7 Å². The molecule has 0 bridgehead atoms. The third-order valence-corrected chi connectivity index (χ3v) is 2.55. The van der Waals surface area contributed by atoms with Crippen molar-refractivity contribution in [2.75, 3.05) is 14.0 Å². The lowest BCUT2D eigenvalue weighted by Crippen LogP contribution is -2.03. The fraction of sp³-hybridized carbons (Fsp3) is 0.364. The fourth-order valence-corrected chi connectivity index (χ4v) is 1.69. The van der Waals surface area contributed by atoms with Crippen LogP contribution in [-0.4, -0.2) is 19.9 Å². The van der Waals surface area contributed by atoms with Crippen LogP contribution >= 0.6 is 15.9 Å². The molecule has 0 aromatic heterocycles. The van der Waals surface area contributed by atoms with Crippen molar-refractivity contribution in [2.45, 2.75) is 12.8 Å². The van der Waals surface area contributed by atoms with Crippen LogP contribution in [0.4, 0.5) is 4.39 Å². The number of esters is 1. The first-order valence-electron chi connectivity index (χ1n) is 4.71. The molecular weight excluding hydrogens is 279 g/mol. The van der Waals surface area contributed by atoms with Crippen LogP contribution in [0.25, 0.3) is 0 Å². The summed E-state index contributed by atoms with van der Waals surface area (Å²) in [7, 11) is 1.34. The summed E-state index contributed by atoms with van der Waals surface area (Å²) >= 11 is 3.31. The van der Waals surface area contributed by atoms with E-state index in [1.54, 1.807) is 18.2 Å². The molecule has 0 N–H and O–H groups in total. The SMILES string of the molecule is COC(=O)CCc1cc(Br)ccc1OCF. The number of alkyl halides is 1. The van der Waals surface area contributed by atoms with E-state index in [4.69, 9.17) is 4.74 Å². The summed E-state index contributed by atoms with van der Waals surface area (Å²) in [5.41, 5.74) is 0.775. The molecule has 5 heteroatoms. The van der Waals surface area contributed by atoms with E-state index in [1.165, 1.54) is 7.11 Å². The van der Waals surface area contributed by atoms with Crippen molar-refractivity contribution in [1.82, 2.24) is 0 Å². The van der Waals surface area contributed by atoms with E-state index in [2.05, 4.69) is 20.7 Å². The molecule has 0 spiro atoms. The van der Waals surface area contributed by atoms with Crippen molar-refractivity contribution in [3.05, 3.63) is 28.2 Å². The minimum atomic E-state index is -0.882.